The predicted octanol–water partition coefficient (Wildman–Crippen LogP) is 2.78. The summed E-state index contributed by atoms with van der Waals surface area (Å²) in [5, 5.41) is 0. The van der Waals surface area contributed by atoms with E-state index in [9.17, 15) is 9.18 Å². The zero-order valence-electron chi connectivity index (χ0n) is 8.50. The highest BCUT2D eigenvalue weighted by molar-refractivity contribution is 5.89. The van der Waals surface area contributed by atoms with Gasteiger partial charge < -0.3 is 4.74 Å². The fraction of sp³-hybridized carbons (Fsp3) is 0.364. The highest BCUT2D eigenvalue weighted by Gasteiger charge is 2.17. The average molecular weight is 196 g/mol. The number of carbonyl (C=O) groups excluding carboxylic acids is 1. The second-order valence-electron chi connectivity index (χ2n) is 4.01. The second kappa shape index (κ2) is 3.78. The van der Waals surface area contributed by atoms with Gasteiger partial charge in [-0.25, -0.2) is 9.18 Å². The van der Waals surface area contributed by atoms with E-state index in [1.165, 1.54) is 18.2 Å². The number of hydrogen-bond donors (Lipinski definition) is 0. The summed E-state index contributed by atoms with van der Waals surface area (Å²) in [7, 11) is 0. The number of ether oxygens (including phenoxy) is 1. The van der Waals surface area contributed by atoms with Crippen molar-refractivity contribution in [3.8, 4) is 0 Å². The van der Waals surface area contributed by atoms with Crippen molar-refractivity contribution in [1.82, 2.24) is 0 Å². The van der Waals surface area contributed by atoms with Crippen molar-refractivity contribution in [1.29, 1.82) is 0 Å². The van der Waals surface area contributed by atoms with Crippen molar-refractivity contribution in [2.24, 2.45) is 0 Å². The fourth-order valence-corrected chi connectivity index (χ4v) is 0.952. The highest BCUT2D eigenvalue weighted by Crippen LogP contribution is 2.12. The van der Waals surface area contributed by atoms with Crippen LogP contribution in [0.1, 0.15) is 31.1 Å². The van der Waals surface area contributed by atoms with Gasteiger partial charge in [0.25, 0.3) is 0 Å². The third-order valence-corrected chi connectivity index (χ3v) is 1.46. The van der Waals surface area contributed by atoms with Crippen LogP contribution in [0.4, 0.5) is 4.39 Å². The van der Waals surface area contributed by atoms with Crippen LogP contribution in [0.3, 0.4) is 0 Å². The minimum atomic E-state index is -0.552. The minimum absolute atomic E-state index is 0.236. The molecule has 76 valence electrons. The Morgan fingerprint density at radius 1 is 1.36 bits per heavy atom. The van der Waals surface area contributed by atoms with Crippen LogP contribution in [0.15, 0.2) is 24.3 Å². The van der Waals surface area contributed by atoms with E-state index in [0.29, 0.717) is 0 Å². The molecule has 0 radical (unpaired) electrons. The van der Waals surface area contributed by atoms with Crippen LogP contribution in [0, 0.1) is 5.82 Å². The molecule has 0 aliphatic rings. The van der Waals surface area contributed by atoms with Gasteiger partial charge in [-0.3, -0.25) is 0 Å². The summed E-state index contributed by atoms with van der Waals surface area (Å²) in [5.41, 5.74) is -0.316. The van der Waals surface area contributed by atoms with Gasteiger partial charge in [0.15, 0.2) is 0 Å². The first-order valence-corrected chi connectivity index (χ1v) is 4.37. The Kier molecular flexibility index (Phi) is 2.89. The van der Waals surface area contributed by atoms with E-state index in [0.717, 1.165) is 6.07 Å². The molecule has 0 amide bonds. The van der Waals surface area contributed by atoms with Crippen molar-refractivity contribution in [3.63, 3.8) is 0 Å². The lowest BCUT2D eigenvalue weighted by Gasteiger charge is -2.19. The van der Waals surface area contributed by atoms with Crippen molar-refractivity contribution < 1.29 is 13.9 Å². The van der Waals surface area contributed by atoms with Gasteiger partial charge in [0.05, 0.1) is 5.56 Å². The quantitative estimate of drug-likeness (QED) is 0.645. The van der Waals surface area contributed by atoms with Crippen LogP contribution < -0.4 is 0 Å². The monoisotopic (exact) mass is 196 g/mol. The molecule has 0 N–H and O–H groups in total. The van der Waals surface area contributed by atoms with Crippen LogP contribution in [0.5, 0.6) is 0 Å². The molecule has 0 aromatic heterocycles. The molecule has 14 heavy (non-hydrogen) atoms. The summed E-state index contributed by atoms with van der Waals surface area (Å²) in [5.74, 6) is -0.939. The maximum absolute atomic E-state index is 12.8. The SMILES string of the molecule is CC(C)(C)OC(=O)c1cccc(F)c1. The van der Waals surface area contributed by atoms with Crippen LogP contribution in [-0.2, 0) is 4.74 Å². The molecular formula is C11H13FO2. The molecule has 1 aromatic carbocycles. The molecule has 0 fully saturated rings. The first kappa shape index (κ1) is 10.7. The number of hydrogen-bond acceptors (Lipinski definition) is 2. The van der Waals surface area contributed by atoms with Crippen molar-refractivity contribution in [3.05, 3.63) is 35.6 Å². The molecule has 0 spiro atoms. The lowest BCUT2D eigenvalue weighted by atomic mass is 10.1. The van der Waals surface area contributed by atoms with Crippen LogP contribution in [0.2, 0.25) is 0 Å². The van der Waals surface area contributed by atoms with Crippen LogP contribution in [-0.4, -0.2) is 11.6 Å². The standard InChI is InChI=1S/C11H13FO2/c1-11(2,3)14-10(13)8-5-4-6-9(12)7-8/h4-7H,1-3H3. The Morgan fingerprint density at radius 2 is 2.00 bits per heavy atom. The third kappa shape index (κ3) is 3.17. The molecular weight excluding hydrogens is 183 g/mol. The van der Waals surface area contributed by atoms with Gasteiger partial charge in [-0.2, -0.15) is 0 Å². The van der Waals surface area contributed by atoms with E-state index in [-0.39, 0.29) is 5.56 Å². The van der Waals surface area contributed by atoms with E-state index in [1.54, 1.807) is 20.8 Å². The summed E-state index contributed by atoms with van der Waals surface area (Å²) in [6.07, 6.45) is 0. The molecule has 0 bridgehead atoms. The minimum Gasteiger partial charge on any atom is -0.456 e. The fourth-order valence-electron chi connectivity index (χ4n) is 0.952. The molecule has 0 saturated carbocycles. The van der Waals surface area contributed by atoms with E-state index >= 15 is 0 Å². The number of benzene rings is 1. The van der Waals surface area contributed by atoms with Gasteiger partial charge >= 0.3 is 5.97 Å². The number of rotatable bonds is 1. The van der Waals surface area contributed by atoms with Crippen molar-refractivity contribution >= 4 is 5.97 Å². The zero-order chi connectivity index (χ0) is 10.8. The number of halogens is 1. The molecule has 0 atom stereocenters. The lowest BCUT2D eigenvalue weighted by molar-refractivity contribution is 0.00690. The van der Waals surface area contributed by atoms with Gasteiger partial charge in [0.2, 0.25) is 0 Å². The van der Waals surface area contributed by atoms with E-state index < -0.39 is 17.4 Å². The van der Waals surface area contributed by atoms with E-state index in [1.807, 2.05) is 0 Å². The van der Waals surface area contributed by atoms with Gasteiger partial charge in [-0.15, -0.1) is 0 Å². The Balaban J connectivity index is 2.80. The Morgan fingerprint density at radius 3 is 2.50 bits per heavy atom. The maximum atomic E-state index is 12.8. The van der Waals surface area contributed by atoms with Gasteiger partial charge in [0, 0.05) is 0 Å². The summed E-state index contributed by atoms with van der Waals surface area (Å²) >= 11 is 0. The van der Waals surface area contributed by atoms with Gasteiger partial charge in [0.1, 0.15) is 11.4 Å². The number of esters is 1. The molecule has 1 aromatic rings. The summed E-state index contributed by atoms with van der Waals surface area (Å²) < 4.78 is 17.8. The maximum Gasteiger partial charge on any atom is 0.338 e. The van der Waals surface area contributed by atoms with Crippen LogP contribution >= 0.6 is 0 Å². The summed E-state index contributed by atoms with van der Waals surface area (Å²) in [4.78, 5) is 11.4. The Labute approximate surface area is 82.7 Å². The van der Waals surface area contributed by atoms with Crippen molar-refractivity contribution in [2.45, 2.75) is 26.4 Å². The number of carbonyl (C=O) groups is 1. The average Bonchev–Trinajstić information content (AvgIpc) is 2.01. The molecule has 0 saturated heterocycles. The first-order chi connectivity index (χ1) is 6.38. The normalized spacial score (nSPS) is 11.1. The zero-order valence-corrected chi connectivity index (χ0v) is 8.50. The topological polar surface area (TPSA) is 26.3 Å². The predicted molar refractivity (Wildman–Crippen MR) is 51.6 cm³/mol. The van der Waals surface area contributed by atoms with Gasteiger partial charge in [-0.05, 0) is 39.0 Å². The lowest BCUT2D eigenvalue weighted by Crippen LogP contribution is -2.23. The largest absolute Gasteiger partial charge is 0.456 e. The van der Waals surface area contributed by atoms with E-state index in [2.05, 4.69) is 0 Å². The molecule has 0 aliphatic heterocycles. The molecule has 1 rings (SSSR count). The third-order valence-electron chi connectivity index (χ3n) is 1.46. The van der Waals surface area contributed by atoms with Crippen molar-refractivity contribution in [2.75, 3.05) is 0 Å². The van der Waals surface area contributed by atoms with Crippen LogP contribution in [0.25, 0.3) is 0 Å². The molecule has 3 heteroatoms. The Hall–Kier alpha value is -1.38. The first-order valence-electron chi connectivity index (χ1n) is 4.37. The highest BCUT2D eigenvalue weighted by atomic mass is 19.1. The molecule has 0 aliphatic carbocycles. The Bertz CT molecular complexity index is 339. The molecule has 2 nitrogen and oxygen atoms in total. The van der Waals surface area contributed by atoms with Gasteiger partial charge in [-0.1, -0.05) is 6.07 Å². The summed E-state index contributed by atoms with van der Waals surface area (Å²) in [6.45, 7) is 5.30. The second-order valence-corrected chi connectivity index (χ2v) is 4.01. The smallest absolute Gasteiger partial charge is 0.338 e. The molecule has 0 unspecified atom stereocenters. The van der Waals surface area contributed by atoms with E-state index in [4.69, 9.17) is 4.74 Å². The summed E-state index contributed by atoms with van der Waals surface area (Å²) in [6, 6.07) is 5.45. The molecule has 0 heterocycles.